The lowest BCUT2D eigenvalue weighted by molar-refractivity contribution is -0.161. The van der Waals surface area contributed by atoms with Gasteiger partial charge in [0.1, 0.15) is 25.4 Å². The van der Waals surface area contributed by atoms with Gasteiger partial charge in [0.15, 0.2) is 6.10 Å². The van der Waals surface area contributed by atoms with Gasteiger partial charge in [0.05, 0.1) is 26.4 Å². The van der Waals surface area contributed by atoms with Crippen molar-refractivity contribution in [2.75, 3.05) is 39.6 Å². The number of aliphatic hydroxyl groups excluding tert-OH is 2. The van der Waals surface area contributed by atoms with E-state index < -0.39 is 91.5 Å². The van der Waals surface area contributed by atoms with E-state index in [0.29, 0.717) is 19.3 Å². The number of phosphoric ester groups is 2. The summed E-state index contributed by atoms with van der Waals surface area (Å²) in [4.78, 5) is 58.6. The minimum atomic E-state index is -4.95. The van der Waals surface area contributed by atoms with Crippen LogP contribution in [0.1, 0.15) is 290 Å². The number of hydrogen-bond donors (Lipinski definition) is 4. The van der Waals surface area contributed by atoms with Crippen LogP contribution in [0.2, 0.25) is 0 Å². The molecular formula is C81H136O16P2. The zero-order valence-corrected chi connectivity index (χ0v) is 63.4. The average Bonchev–Trinajstić information content (AvgIpc) is 2.33. The number of allylic oxidation sites excluding steroid dienone is 24. The Morgan fingerprint density at radius 2 is 0.535 bits per heavy atom. The van der Waals surface area contributed by atoms with Crippen molar-refractivity contribution in [3.63, 3.8) is 0 Å². The highest BCUT2D eigenvalue weighted by atomic mass is 31.2. The number of rotatable bonds is 71. The van der Waals surface area contributed by atoms with E-state index in [2.05, 4.69) is 167 Å². The molecule has 16 nitrogen and oxygen atoms in total. The van der Waals surface area contributed by atoms with Crippen molar-refractivity contribution in [1.82, 2.24) is 0 Å². The predicted molar refractivity (Wildman–Crippen MR) is 408 cm³/mol. The zero-order valence-electron chi connectivity index (χ0n) is 61.6. The Hall–Kier alpha value is -4.57. The van der Waals surface area contributed by atoms with Crippen LogP contribution in [0.15, 0.2) is 146 Å². The lowest BCUT2D eigenvalue weighted by Gasteiger charge is -2.21. The maximum absolute atomic E-state index is 13.0. The zero-order chi connectivity index (χ0) is 72.3. The molecule has 0 heterocycles. The van der Waals surface area contributed by atoms with E-state index in [1.54, 1.807) is 0 Å². The molecule has 0 saturated carbocycles. The minimum Gasteiger partial charge on any atom is -0.463 e. The second kappa shape index (κ2) is 73.2. The molecular weight excluding hydrogens is 1290 g/mol. The number of esters is 3. The third-order valence-corrected chi connectivity index (χ3v) is 17.4. The Bertz CT molecular complexity index is 2380. The summed E-state index contributed by atoms with van der Waals surface area (Å²) in [7, 11) is -9.81. The standard InChI is InChI=1S/C81H136O16P2/c1-4-7-10-13-16-19-22-25-28-31-33-35-37-39-41-44-46-49-52-55-58-61-64-67-79(84)91-70-76(82)71-93-98(87,88)94-72-77(83)73-95-99(89,90)96-75-78(97-81(86)69-66-63-60-57-54-51-48-43-30-27-24-21-18-15-12-9-6-3)74-92-80(85)68-65-62-59-56-53-50-47-45-42-40-38-36-34-32-29-26-23-20-17-14-11-8-5-2/h9,12,16-21,25-30,33-36,39-42,48,51,76-78,82-83H,4-8,10-11,13-15,22-24,31-32,37-38,43-47,49-50,52-75H2,1-3H3,(H,87,88)(H,89,90)/b12-9-,19-16-,20-17-,21-18-,28-25-,29-26-,30-27-,35-33-,36-34-,41-39-,42-40-,51-48-. The van der Waals surface area contributed by atoms with Gasteiger partial charge in [-0.15, -0.1) is 0 Å². The molecule has 4 N–H and O–H groups in total. The maximum Gasteiger partial charge on any atom is 0.472 e. The molecule has 0 aromatic heterocycles. The van der Waals surface area contributed by atoms with Crippen molar-refractivity contribution < 1.29 is 75.8 Å². The summed E-state index contributed by atoms with van der Waals surface area (Å²) in [5.41, 5.74) is 0. The van der Waals surface area contributed by atoms with Crippen molar-refractivity contribution in [1.29, 1.82) is 0 Å². The first kappa shape index (κ1) is 94.4. The molecule has 0 saturated heterocycles. The Morgan fingerprint density at radius 3 is 0.848 bits per heavy atom. The fourth-order valence-electron chi connectivity index (χ4n) is 9.70. The third kappa shape index (κ3) is 74.4. The number of aliphatic hydroxyl groups is 2. The van der Waals surface area contributed by atoms with E-state index in [1.807, 2.05) is 0 Å². The molecule has 5 atom stereocenters. The first-order chi connectivity index (χ1) is 48.2. The fourth-order valence-corrected chi connectivity index (χ4v) is 11.3. The quantitative estimate of drug-likeness (QED) is 0.0146. The van der Waals surface area contributed by atoms with Crippen molar-refractivity contribution in [3.05, 3.63) is 146 Å². The summed E-state index contributed by atoms with van der Waals surface area (Å²) in [6, 6.07) is 0. The molecule has 0 fully saturated rings. The van der Waals surface area contributed by atoms with Gasteiger partial charge in [-0.2, -0.15) is 0 Å². The molecule has 99 heavy (non-hydrogen) atoms. The molecule has 0 aromatic carbocycles. The van der Waals surface area contributed by atoms with E-state index in [9.17, 15) is 43.5 Å². The Balaban J connectivity index is 4.71. The third-order valence-electron chi connectivity index (χ3n) is 15.5. The van der Waals surface area contributed by atoms with Crippen LogP contribution < -0.4 is 0 Å². The molecule has 0 aliphatic rings. The highest BCUT2D eigenvalue weighted by Crippen LogP contribution is 2.45. The average molecular weight is 1430 g/mol. The van der Waals surface area contributed by atoms with Crippen LogP contribution in [-0.4, -0.2) is 95.9 Å². The van der Waals surface area contributed by atoms with E-state index in [4.69, 9.17) is 32.3 Å². The smallest absolute Gasteiger partial charge is 0.463 e. The van der Waals surface area contributed by atoms with Gasteiger partial charge in [-0.25, -0.2) is 9.13 Å². The molecule has 5 unspecified atom stereocenters. The number of ether oxygens (including phenoxy) is 3. The molecule has 0 radical (unpaired) electrons. The molecule has 18 heteroatoms. The molecule has 0 aliphatic carbocycles. The van der Waals surface area contributed by atoms with Gasteiger partial charge < -0.3 is 34.2 Å². The predicted octanol–water partition coefficient (Wildman–Crippen LogP) is 22.1. The summed E-state index contributed by atoms with van der Waals surface area (Å²) < 4.78 is 61.1. The molecule has 0 spiro atoms. The topological polar surface area (TPSA) is 231 Å². The van der Waals surface area contributed by atoms with Crippen LogP contribution in [0.25, 0.3) is 0 Å². The second-order valence-corrected chi connectivity index (χ2v) is 28.0. The summed E-state index contributed by atoms with van der Waals surface area (Å²) in [6.45, 7) is 2.45. The van der Waals surface area contributed by atoms with Gasteiger partial charge in [-0.1, -0.05) is 269 Å². The number of hydrogen-bond acceptors (Lipinski definition) is 14. The Labute approximate surface area is 600 Å². The second-order valence-electron chi connectivity index (χ2n) is 25.1. The highest BCUT2D eigenvalue weighted by molar-refractivity contribution is 7.47. The number of carbonyl (C=O) groups excluding carboxylic acids is 3. The van der Waals surface area contributed by atoms with Crippen LogP contribution in [0.5, 0.6) is 0 Å². The summed E-state index contributed by atoms with van der Waals surface area (Å²) >= 11 is 0. The first-order valence-corrected chi connectivity index (χ1v) is 41.1. The fraction of sp³-hybridized carbons (Fsp3) is 0.667. The largest absolute Gasteiger partial charge is 0.472 e. The van der Waals surface area contributed by atoms with Crippen molar-refractivity contribution in [3.8, 4) is 0 Å². The van der Waals surface area contributed by atoms with Crippen molar-refractivity contribution >= 4 is 33.6 Å². The summed E-state index contributed by atoms with van der Waals surface area (Å²) in [6.07, 6.45) is 88.8. The van der Waals surface area contributed by atoms with Gasteiger partial charge in [0.25, 0.3) is 0 Å². The van der Waals surface area contributed by atoms with Gasteiger partial charge in [-0.3, -0.25) is 32.5 Å². The monoisotopic (exact) mass is 1430 g/mol. The van der Waals surface area contributed by atoms with Gasteiger partial charge in [0, 0.05) is 19.3 Å². The normalized spacial score (nSPS) is 14.9. The Morgan fingerprint density at radius 1 is 0.293 bits per heavy atom. The van der Waals surface area contributed by atoms with Crippen LogP contribution in [0, 0.1) is 0 Å². The SMILES string of the molecule is CC/C=C\C/C=C\C/C=C\C/C=C\CCCCCCC(=O)OC(COC(=O)CCCCCCCCC/C=C\C/C=C\C/C=C\C/C=C\CCCCC)COP(=O)(O)OCC(O)COP(=O)(O)OCC(O)COC(=O)CCCCCCCCC/C=C\C/C=C\C/C=C\C/C=C\CCCCC. The van der Waals surface area contributed by atoms with Crippen LogP contribution in [0.4, 0.5) is 0 Å². The summed E-state index contributed by atoms with van der Waals surface area (Å²) in [5, 5.41) is 20.6. The van der Waals surface area contributed by atoms with Crippen molar-refractivity contribution in [2.45, 2.75) is 309 Å². The van der Waals surface area contributed by atoms with Crippen LogP contribution >= 0.6 is 15.6 Å². The van der Waals surface area contributed by atoms with Gasteiger partial charge >= 0.3 is 33.6 Å². The molecule has 566 valence electrons. The number of phosphoric acid groups is 2. The number of unbranched alkanes of at least 4 members (excludes halogenated alkanes) is 24. The van der Waals surface area contributed by atoms with E-state index in [-0.39, 0.29) is 19.3 Å². The van der Waals surface area contributed by atoms with Crippen molar-refractivity contribution in [2.24, 2.45) is 0 Å². The van der Waals surface area contributed by atoms with Gasteiger partial charge in [0.2, 0.25) is 0 Å². The van der Waals surface area contributed by atoms with Crippen LogP contribution in [-0.2, 0) is 55.8 Å². The van der Waals surface area contributed by atoms with E-state index in [1.165, 1.54) is 51.4 Å². The van der Waals surface area contributed by atoms with Crippen LogP contribution in [0.3, 0.4) is 0 Å². The maximum atomic E-state index is 13.0. The molecule has 0 aromatic rings. The minimum absolute atomic E-state index is 0.0689. The molecule has 0 bridgehead atoms. The Kier molecular flexibility index (Phi) is 69.8. The molecule has 0 aliphatic heterocycles. The van der Waals surface area contributed by atoms with E-state index >= 15 is 0 Å². The lowest BCUT2D eigenvalue weighted by Crippen LogP contribution is -2.30. The molecule has 0 rings (SSSR count). The number of carbonyl (C=O) groups is 3. The van der Waals surface area contributed by atoms with Gasteiger partial charge in [-0.05, 0) is 148 Å². The lowest BCUT2D eigenvalue weighted by atomic mass is 10.1. The summed E-state index contributed by atoms with van der Waals surface area (Å²) in [5.74, 6) is -1.63. The van der Waals surface area contributed by atoms with E-state index in [0.717, 1.165) is 180 Å². The molecule has 0 amide bonds. The highest BCUT2D eigenvalue weighted by Gasteiger charge is 2.29. The first-order valence-electron chi connectivity index (χ1n) is 38.1.